The van der Waals surface area contributed by atoms with Gasteiger partial charge in [-0.1, -0.05) is 17.7 Å². The van der Waals surface area contributed by atoms with Crippen LogP contribution in [0.25, 0.3) is 0 Å². The average Bonchev–Trinajstić information content (AvgIpc) is 2.98. The van der Waals surface area contributed by atoms with Gasteiger partial charge in [0.05, 0.1) is 23.7 Å². The minimum Gasteiger partial charge on any atom is -0.269 e. The van der Waals surface area contributed by atoms with Gasteiger partial charge < -0.3 is 0 Å². The molecule has 0 aliphatic carbocycles. The van der Waals surface area contributed by atoms with Gasteiger partial charge in [-0.05, 0) is 43.0 Å². The molecule has 0 N–H and O–H groups in total. The average molecular weight is 338 g/mol. The first-order chi connectivity index (χ1) is 10.5. The van der Waals surface area contributed by atoms with Crippen molar-refractivity contribution in [3.8, 4) is 0 Å². The van der Waals surface area contributed by atoms with Gasteiger partial charge >= 0.3 is 0 Å². The van der Waals surface area contributed by atoms with E-state index in [-0.39, 0.29) is 12.3 Å². The van der Waals surface area contributed by atoms with Crippen molar-refractivity contribution in [3.05, 3.63) is 46.2 Å². The van der Waals surface area contributed by atoms with Gasteiger partial charge in [-0.3, -0.25) is 8.99 Å². The van der Waals surface area contributed by atoms with Crippen molar-refractivity contribution >= 4 is 27.3 Å². The predicted molar refractivity (Wildman–Crippen MR) is 85.4 cm³/mol. The molecular formula is C15H16ClN3O2S. The minimum atomic E-state index is -3.34. The number of aryl methyl sites for hydroxylation is 2. The van der Waals surface area contributed by atoms with E-state index < -0.39 is 10.0 Å². The lowest BCUT2D eigenvalue weighted by Gasteiger charge is -2.17. The summed E-state index contributed by atoms with van der Waals surface area (Å²) in [7, 11) is -3.34. The zero-order valence-corrected chi connectivity index (χ0v) is 13.6. The molecule has 1 aromatic heterocycles. The first-order valence-corrected chi connectivity index (χ1v) is 9.36. The fourth-order valence-electron chi connectivity index (χ4n) is 3.20. The highest BCUT2D eigenvalue weighted by molar-refractivity contribution is 7.92. The van der Waals surface area contributed by atoms with Gasteiger partial charge in [-0.25, -0.2) is 8.42 Å². The maximum absolute atomic E-state index is 12.4. The number of aromatic nitrogens is 2. The van der Waals surface area contributed by atoms with E-state index in [1.165, 1.54) is 16.4 Å². The molecule has 1 aromatic carbocycles. The third-order valence-corrected chi connectivity index (χ3v) is 6.17. The quantitative estimate of drug-likeness (QED) is 0.846. The van der Waals surface area contributed by atoms with Crippen molar-refractivity contribution in [2.75, 3.05) is 4.31 Å². The smallest absolute Gasteiger partial charge is 0.239 e. The summed E-state index contributed by atoms with van der Waals surface area (Å²) in [6, 6.07) is 7.26. The van der Waals surface area contributed by atoms with Gasteiger partial charge in [0.1, 0.15) is 0 Å². The normalized spacial score (nSPS) is 19.0. The Morgan fingerprint density at radius 3 is 2.91 bits per heavy atom. The lowest BCUT2D eigenvalue weighted by Crippen LogP contribution is -2.26. The molecule has 0 amide bonds. The maximum Gasteiger partial charge on any atom is 0.239 e. The third kappa shape index (κ3) is 2.30. The first-order valence-electron chi connectivity index (χ1n) is 7.37. The number of rotatable bonds is 2. The molecule has 5 nitrogen and oxygen atoms in total. The van der Waals surface area contributed by atoms with Gasteiger partial charge in [0, 0.05) is 17.3 Å². The van der Waals surface area contributed by atoms with Crippen molar-refractivity contribution in [2.45, 2.75) is 38.1 Å². The van der Waals surface area contributed by atoms with Gasteiger partial charge in [0.25, 0.3) is 0 Å². The zero-order valence-electron chi connectivity index (χ0n) is 12.0. The molecule has 0 saturated heterocycles. The van der Waals surface area contributed by atoms with Gasteiger partial charge in [-0.2, -0.15) is 5.10 Å². The Kier molecular flexibility index (Phi) is 3.20. The van der Waals surface area contributed by atoms with E-state index in [2.05, 4.69) is 5.10 Å². The number of hydrogen-bond donors (Lipinski definition) is 0. The second-order valence-electron chi connectivity index (χ2n) is 5.84. The molecule has 3 heterocycles. The van der Waals surface area contributed by atoms with Crippen molar-refractivity contribution in [1.29, 1.82) is 0 Å². The molecule has 0 saturated carbocycles. The Hall–Kier alpha value is -1.53. The monoisotopic (exact) mass is 337 g/mol. The molecule has 0 radical (unpaired) electrons. The summed E-state index contributed by atoms with van der Waals surface area (Å²) in [5, 5.41) is 5.10. The fourth-order valence-corrected chi connectivity index (χ4v) is 4.96. The number of nitrogens with zero attached hydrogens (tertiary/aromatic N) is 3. The minimum absolute atomic E-state index is 0.0348. The Balaban J connectivity index is 1.70. The second-order valence-corrected chi connectivity index (χ2v) is 8.17. The van der Waals surface area contributed by atoms with Crippen LogP contribution in [0.2, 0.25) is 5.02 Å². The number of fused-ring (bicyclic) bond motifs is 2. The summed E-state index contributed by atoms with van der Waals surface area (Å²) in [5.41, 5.74) is 3.48. The molecule has 0 spiro atoms. The van der Waals surface area contributed by atoms with Crippen molar-refractivity contribution in [3.63, 3.8) is 0 Å². The number of benzene rings is 1. The van der Waals surface area contributed by atoms with E-state index in [0.717, 1.165) is 30.6 Å². The molecule has 0 bridgehead atoms. The van der Waals surface area contributed by atoms with Crippen molar-refractivity contribution < 1.29 is 8.42 Å². The second kappa shape index (κ2) is 4.99. The third-order valence-electron chi connectivity index (χ3n) is 4.26. The molecule has 0 unspecified atom stereocenters. The topological polar surface area (TPSA) is 55.2 Å². The lowest BCUT2D eigenvalue weighted by atomic mass is 10.1. The molecule has 2 aromatic rings. The highest BCUT2D eigenvalue weighted by Crippen LogP contribution is 2.36. The van der Waals surface area contributed by atoms with E-state index in [0.29, 0.717) is 10.7 Å². The Labute approximate surface area is 134 Å². The van der Waals surface area contributed by atoms with Crippen LogP contribution in [0.3, 0.4) is 0 Å². The van der Waals surface area contributed by atoms with Crippen LogP contribution in [0.1, 0.15) is 29.8 Å². The largest absolute Gasteiger partial charge is 0.269 e. The van der Waals surface area contributed by atoms with Crippen molar-refractivity contribution in [2.24, 2.45) is 0 Å². The number of hydrogen-bond acceptors (Lipinski definition) is 3. The first kappa shape index (κ1) is 14.1. The predicted octanol–water partition coefficient (Wildman–Crippen LogP) is 2.72. The molecule has 116 valence electrons. The fraction of sp³-hybridized carbons (Fsp3) is 0.400. The van der Waals surface area contributed by atoms with Crippen LogP contribution in [0.5, 0.6) is 0 Å². The molecule has 7 heteroatoms. The molecule has 22 heavy (non-hydrogen) atoms. The van der Waals surface area contributed by atoms with Crippen LogP contribution >= 0.6 is 11.6 Å². The van der Waals surface area contributed by atoms with Crippen LogP contribution in [0.15, 0.2) is 24.3 Å². The van der Waals surface area contributed by atoms with E-state index in [1.54, 1.807) is 18.2 Å². The Bertz CT molecular complexity index is 821. The zero-order chi connectivity index (χ0) is 15.3. The Morgan fingerprint density at radius 1 is 1.23 bits per heavy atom. The summed E-state index contributed by atoms with van der Waals surface area (Å²) < 4.78 is 28.3. The van der Waals surface area contributed by atoms with Crippen LogP contribution in [-0.4, -0.2) is 18.2 Å². The summed E-state index contributed by atoms with van der Waals surface area (Å²) in [5.74, 6) is 0.0348. The van der Waals surface area contributed by atoms with Crippen LogP contribution in [-0.2, 0) is 35.3 Å². The summed E-state index contributed by atoms with van der Waals surface area (Å²) >= 11 is 6.03. The summed E-state index contributed by atoms with van der Waals surface area (Å²) in [4.78, 5) is 0. The van der Waals surface area contributed by atoms with Crippen LogP contribution in [0.4, 0.5) is 5.69 Å². The summed E-state index contributed by atoms with van der Waals surface area (Å²) in [6.45, 7) is 1.19. The lowest BCUT2D eigenvalue weighted by molar-refractivity contribution is 0.483. The van der Waals surface area contributed by atoms with Crippen LogP contribution in [0, 0.1) is 0 Å². The SMILES string of the molecule is O=S1(=O)Cc2ccc(Cl)cc2N1Cc1cc2n(n1)CCCC2. The highest BCUT2D eigenvalue weighted by atomic mass is 35.5. The number of anilines is 1. The molecule has 2 aliphatic heterocycles. The van der Waals surface area contributed by atoms with Crippen molar-refractivity contribution in [1.82, 2.24) is 9.78 Å². The molecular weight excluding hydrogens is 322 g/mol. The molecule has 0 atom stereocenters. The van der Waals surface area contributed by atoms with E-state index >= 15 is 0 Å². The maximum atomic E-state index is 12.4. The molecule has 0 fully saturated rings. The number of sulfonamides is 1. The van der Waals surface area contributed by atoms with E-state index in [9.17, 15) is 8.42 Å². The molecule has 2 aliphatic rings. The Morgan fingerprint density at radius 2 is 2.09 bits per heavy atom. The van der Waals surface area contributed by atoms with Gasteiger partial charge in [0.2, 0.25) is 10.0 Å². The van der Waals surface area contributed by atoms with Gasteiger partial charge in [-0.15, -0.1) is 0 Å². The standard InChI is InChI=1S/C15H16ClN3O2S/c16-12-5-4-11-10-22(20,21)19(15(11)7-12)9-13-8-14-3-1-2-6-18(14)17-13/h4-5,7-8H,1-3,6,9-10H2. The number of halogens is 1. The summed E-state index contributed by atoms with van der Waals surface area (Å²) in [6.07, 6.45) is 3.32. The van der Waals surface area contributed by atoms with E-state index in [4.69, 9.17) is 11.6 Å². The van der Waals surface area contributed by atoms with Crippen LogP contribution < -0.4 is 4.31 Å². The van der Waals surface area contributed by atoms with E-state index in [1.807, 2.05) is 10.7 Å². The van der Waals surface area contributed by atoms with Gasteiger partial charge in [0.15, 0.2) is 0 Å². The molecule has 4 rings (SSSR count). The highest BCUT2D eigenvalue weighted by Gasteiger charge is 2.34.